The van der Waals surface area contributed by atoms with Crippen molar-refractivity contribution < 1.29 is 25.2 Å². The van der Waals surface area contributed by atoms with E-state index in [4.69, 9.17) is 0 Å². The molecule has 0 fully saturated rings. The molecule has 0 aliphatic rings. The normalized spacial score (nSPS) is 14.1. The number of allylic oxidation sites excluding steroid dienone is 6. The summed E-state index contributed by atoms with van der Waals surface area (Å²) in [5, 5.41) is 43.9. The first kappa shape index (κ1) is 61.5. The standard InChI is InChI=1S/C57H109NO5/c1-3-5-7-9-11-13-15-17-19-21-23-25-27-28-29-31-32-34-36-38-40-42-44-46-48-50-54(60)56(62)53(52-59)58-57(63)55(61)51-49-47-45-43-41-39-37-35-33-30-26-24-22-20-18-16-14-12-10-8-6-4-2/h33-36,42,44,53-56,59-62H,3-32,37-41,43,45-52H2,1-2H3,(H,58,63)/b35-33-,36-34+,44-42+. The van der Waals surface area contributed by atoms with Gasteiger partial charge in [0, 0.05) is 0 Å². The Morgan fingerprint density at radius 2 is 0.667 bits per heavy atom. The lowest BCUT2D eigenvalue weighted by atomic mass is 10.00. The third-order valence-electron chi connectivity index (χ3n) is 13.1. The maximum atomic E-state index is 12.6. The molecule has 0 aromatic rings. The Morgan fingerprint density at radius 3 is 1.00 bits per heavy atom. The number of hydrogen-bond donors (Lipinski definition) is 5. The van der Waals surface area contributed by atoms with Crippen molar-refractivity contribution in [1.29, 1.82) is 0 Å². The first-order chi connectivity index (χ1) is 31.0. The van der Waals surface area contributed by atoms with E-state index in [1.165, 1.54) is 212 Å². The van der Waals surface area contributed by atoms with Gasteiger partial charge in [-0.1, -0.05) is 249 Å². The van der Waals surface area contributed by atoms with Crippen LogP contribution in [0, 0.1) is 0 Å². The second-order valence-corrected chi connectivity index (χ2v) is 19.3. The van der Waals surface area contributed by atoms with Crippen molar-refractivity contribution >= 4 is 5.91 Å². The van der Waals surface area contributed by atoms with Gasteiger partial charge in [-0.25, -0.2) is 0 Å². The van der Waals surface area contributed by atoms with E-state index in [-0.39, 0.29) is 0 Å². The van der Waals surface area contributed by atoms with Crippen molar-refractivity contribution in [1.82, 2.24) is 5.32 Å². The maximum absolute atomic E-state index is 12.6. The molecule has 0 aromatic heterocycles. The van der Waals surface area contributed by atoms with E-state index in [0.29, 0.717) is 19.3 Å². The molecule has 0 saturated heterocycles. The van der Waals surface area contributed by atoms with Crippen LogP contribution in [0.1, 0.15) is 290 Å². The highest BCUT2D eigenvalue weighted by Gasteiger charge is 2.28. The van der Waals surface area contributed by atoms with E-state index in [1.54, 1.807) is 0 Å². The first-order valence-electron chi connectivity index (χ1n) is 27.9. The van der Waals surface area contributed by atoms with Gasteiger partial charge in [0.15, 0.2) is 0 Å². The summed E-state index contributed by atoms with van der Waals surface area (Å²) < 4.78 is 0. The molecule has 6 nitrogen and oxygen atoms in total. The average Bonchev–Trinajstić information content (AvgIpc) is 3.29. The minimum absolute atomic E-state index is 0.353. The minimum Gasteiger partial charge on any atom is -0.394 e. The molecule has 372 valence electrons. The van der Waals surface area contributed by atoms with Crippen molar-refractivity contribution in [3.8, 4) is 0 Å². The van der Waals surface area contributed by atoms with Gasteiger partial charge < -0.3 is 25.7 Å². The van der Waals surface area contributed by atoms with Crippen molar-refractivity contribution in [3.63, 3.8) is 0 Å². The molecule has 0 radical (unpaired) electrons. The van der Waals surface area contributed by atoms with E-state index in [2.05, 4.69) is 55.6 Å². The van der Waals surface area contributed by atoms with E-state index in [0.717, 1.165) is 44.9 Å². The summed E-state index contributed by atoms with van der Waals surface area (Å²) in [6.07, 6.45) is 63.5. The molecule has 0 rings (SSSR count). The first-order valence-corrected chi connectivity index (χ1v) is 27.9. The Kier molecular flexibility index (Phi) is 50.3. The van der Waals surface area contributed by atoms with E-state index in [9.17, 15) is 25.2 Å². The lowest BCUT2D eigenvalue weighted by molar-refractivity contribution is -0.132. The van der Waals surface area contributed by atoms with Gasteiger partial charge in [0.2, 0.25) is 5.91 Å². The highest BCUT2D eigenvalue weighted by molar-refractivity contribution is 5.80. The van der Waals surface area contributed by atoms with Gasteiger partial charge in [0.25, 0.3) is 0 Å². The molecule has 0 spiro atoms. The van der Waals surface area contributed by atoms with Crippen LogP contribution >= 0.6 is 0 Å². The summed E-state index contributed by atoms with van der Waals surface area (Å²) in [6, 6.07) is -1.01. The Morgan fingerprint density at radius 1 is 0.381 bits per heavy atom. The molecule has 1 amide bonds. The molecule has 0 aromatic carbocycles. The number of aliphatic hydroxyl groups is 4. The maximum Gasteiger partial charge on any atom is 0.249 e. The van der Waals surface area contributed by atoms with Crippen LogP contribution in [0.3, 0.4) is 0 Å². The number of rotatable bonds is 51. The number of nitrogens with one attached hydrogen (secondary N) is 1. The summed E-state index contributed by atoms with van der Waals surface area (Å²) in [5.74, 6) is -0.599. The Hall–Kier alpha value is -1.47. The summed E-state index contributed by atoms with van der Waals surface area (Å²) in [5.41, 5.74) is 0. The third kappa shape index (κ3) is 45.5. The van der Waals surface area contributed by atoms with E-state index < -0.39 is 36.9 Å². The van der Waals surface area contributed by atoms with Crippen molar-refractivity contribution in [2.75, 3.05) is 6.61 Å². The molecule has 0 aliphatic heterocycles. The Balaban J connectivity index is 3.71. The zero-order valence-corrected chi connectivity index (χ0v) is 42.1. The largest absolute Gasteiger partial charge is 0.394 e. The molecule has 0 heterocycles. The van der Waals surface area contributed by atoms with Crippen LogP contribution < -0.4 is 5.32 Å². The topological polar surface area (TPSA) is 110 Å². The van der Waals surface area contributed by atoms with Crippen LogP contribution in [0.25, 0.3) is 0 Å². The number of hydrogen-bond acceptors (Lipinski definition) is 5. The van der Waals surface area contributed by atoms with Gasteiger partial charge in [-0.05, 0) is 77.0 Å². The molecule has 0 aliphatic carbocycles. The van der Waals surface area contributed by atoms with Gasteiger partial charge in [-0.15, -0.1) is 0 Å². The predicted molar refractivity (Wildman–Crippen MR) is 274 cm³/mol. The highest BCUT2D eigenvalue weighted by atomic mass is 16.3. The fraction of sp³-hybridized carbons (Fsp3) is 0.877. The van der Waals surface area contributed by atoms with Crippen LogP contribution in [-0.4, -0.2) is 57.3 Å². The number of unbranched alkanes of at least 4 members (excludes halogenated alkanes) is 36. The van der Waals surface area contributed by atoms with Gasteiger partial charge in [0.05, 0.1) is 18.8 Å². The summed E-state index contributed by atoms with van der Waals surface area (Å²) in [6.45, 7) is 4.07. The number of amides is 1. The van der Waals surface area contributed by atoms with Gasteiger partial charge in [-0.2, -0.15) is 0 Å². The second-order valence-electron chi connectivity index (χ2n) is 19.3. The Bertz CT molecular complexity index is 997. The molecular formula is C57H109NO5. The molecule has 63 heavy (non-hydrogen) atoms. The van der Waals surface area contributed by atoms with Gasteiger partial charge in [0.1, 0.15) is 12.2 Å². The third-order valence-corrected chi connectivity index (χ3v) is 13.1. The van der Waals surface area contributed by atoms with Crippen LogP contribution in [0.15, 0.2) is 36.5 Å². The quantitative estimate of drug-likeness (QED) is 0.0309. The molecule has 0 saturated carbocycles. The van der Waals surface area contributed by atoms with Crippen molar-refractivity contribution in [2.45, 2.75) is 314 Å². The zero-order chi connectivity index (χ0) is 45.9. The fourth-order valence-electron chi connectivity index (χ4n) is 8.65. The van der Waals surface area contributed by atoms with Gasteiger partial charge in [-0.3, -0.25) is 4.79 Å². The van der Waals surface area contributed by atoms with E-state index in [1.807, 2.05) is 0 Å². The fourth-order valence-corrected chi connectivity index (χ4v) is 8.65. The SMILES string of the molecule is CCCCCCCCCCCCCC/C=C\CCCCCCCCC(O)C(=O)NC(CO)C(O)C(O)CCC/C=C/CC/C=C/CCCCCCCCCCCCCCCCCC. The lowest BCUT2D eigenvalue weighted by Gasteiger charge is -2.27. The monoisotopic (exact) mass is 888 g/mol. The van der Waals surface area contributed by atoms with Crippen LogP contribution in [0.5, 0.6) is 0 Å². The second kappa shape index (κ2) is 51.5. The average molecular weight is 889 g/mol. The number of carbonyl (C=O) groups is 1. The highest BCUT2D eigenvalue weighted by Crippen LogP contribution is 2.17. The van der Waals surface area contributed by atoms with Crippen LogP contribution in [0.4, 0.5) is 0 Å². The minimum atomic E-state index is -1.29. The molecule has 4 unspecified atom stereocenters. The van der Waals surface area contributed by atoms with E-state index >= 15 is 0 Å². The summed E-state index contributed by atoms with van der Waals surface area (Å²) in [7, 11) is 0. The zero-order valence-electron chi connectivity index (χ0n) is 42.1. The lowest BCUT2D eigenvalue weighted by Crippen LogP contribution is -2.53. The van der Waals surface area contributed by atoms with Crippen molar-refractivity contribution in [3.05, 3.63) is 36.5 Å². The molecule has 6 heteroatoms. The summed E-state index contributed by atoms with van der Waals surface area (Å²) >= 11 is 0. The predicted octanol–water partition coefficient (Wildman–Crippen LogP) is 16.0. The van der Waals surface area contributed by atoms with Gasteiger partial charge >= 0.3 is 0 Å². The van der Waals surface area contributed by atoms with Crippen LogP contribution in [-0.2, 0) is 4.79 Å². The molecule has 5 N–H and O–H groups in total. The van der Waals surface area contributed by atoms with Crippen LogP contribution in [0.2, 0.25) is 0 Å². The Labute approximate surface area is 392 Å². The molecule has 4 atom stereocenters. The van der Waals surface area contributed by atoms with Crippen molar-refractivity contribution in [2.24, 2.45) is 0 Å². The number of carbonyl (C=O) groups excluding carboxylic acids is 1. The smallest absolute Gasteiger partial charge is 0.249 e. The number of aliphatic hydroxyl groups excluding tert-OH is 4. The molecular weight excluding hydrogens is 779 g/mol. The molecule has 0 bridgehead atoms. The summed E-state index contributed by atoms with van der Waals surface area (Å²) in [4.78, 5) is 12.6.